The molecule has 2 fully saturated rings. The number of barbiturate groups is 1. The van der Waals surface area contributed by atoms with Crippen molar-refractivity contribution in [3.8, 4) is 0 Å². The SMILES string of the molecule is CCc1ccc(N2C(=O)NC(=O)C(Cc3cccs3)(CN3CC4CC(C3)c3cccc(=O)n3C4)C2=O)cc1. The number of nitrogens with one attached hydrogen (secondary N) is 1. The van der Waals surface area contributed by atoms with Gasteiger partial charge in [0.15, 0.2) is 0 Å². The van der Waals surface area contributed by atoms with Crippen LogP contribution in [0, 0.1) is 11.3 Å². The summed E-state index contributed by atoms with van der Waals surface area (Å²) >= 11 is 1.50. The molecule has 196 valence electrons. The van der Waals surface area contributed by atoms with E-state index < -0.39 is 23.3 Å². The van der Waals surface area contributed by atoms with Crippen molar-refractivity contribution in [3.05, 3.63) is 86.5 Å². The molecule has 2 aromatic heterocycles. The van der Waals surface area contributed by atoms with Crippen LogP contribution in [-0.4, -0.2) is 46.9 Å². The quantitative estimate of drug-likeness (QED) is 0.494. The molecule has 9 heteroatoms. The second kappa shape index (κ2) is 9.63. The summed E-state index contributed by atoms with van der Waals surface area (Å²) in [5, 5.41) is 4.44. The summed E-state index contributed by atoms with van der Waals surface area (Å²) in [6, 6.07) is 15.9. The number of carbonyl (C=O) groups excluding carboxylic acids is 3. The second-order valence-corrected chi connectivity index (χ2v) is 11.7. The number of aryl methyl sites for hydroxylation is 1. The average Bonchev–Trinajstić information content (AvgIpc) is 3.41. The maximum absolute atomic E-state index is 14.3. The summed E-state index contributed by atoms with van der Waals surface area (Å²) in [4.78, 5) is 57.7. The number of fused-ring (bicyclic) bond motifs is 4. The zero-order valence-corrected chi connectivity index (χ0v) is 22.1. The molecule has 2 bridgehead atoms. The van der Waals surface area contributed by atoms with Crippen LogP contribution in [-0.2, 0) is 29.0 Å². The number of urea groups is 1. The third-order valence-corrected chi connectivity index (χ3v) is 9.05. The molecule has 5 heterocycles. The van der Waals surface area contributed by atoms with Crippen LogP contribution in [0.25, 0.3) is 0 Å². The highest BCUT2D eigenvalue weighted by molar-refractivity contribution is 7.09. The summed E-state index contributed by atoms with van der Waals surface area (Å²) < 4.78 is 1.87. The Hall–Kier alpha value is -3.56. The summed E-state index contributed by atoms with van der Waals surface area (Å²) in [6.07, 6.45) is 2.04. The molecule has 3 aliphatic rings. The predicted molar refractivity (Wildman–Crippen MR) is 145 cm³/mol. The highest BCUT2D eigenvalue weighted by Crippen LogP contribution is 2.39. The second-order valence-electron chi connectivity index (χ2n) is 10.7. The first-order chi connectivity index (χ1) is 18.4. The van der Waals surface area contributed by atoms with Gasteiger partial charge < -0.3 is 9.47 Å². The summed E-state index contributed by atoms with van der Waals surface area (Å²) in [6.45, 7) is 4.21. The zero-order chi connectivity index (χ0) is 26.4. The normalized spacial score (nSPS) is 25.3. The van der Waals surface area contributed by atoms with Crippen molar-refractivity contribution in [1.82, 2.24) is 14.8 Å². The molecule has 4 amide bonds. The number of piperidine rings is 1. The van der Waals surface area contributed by atoms with Crippen LogP contribution < -0.4 is 15.8 Å². The zero-order valence-electron chi connectivity index (χ0n) is 21.3. The Morgan fingerprint density at radius 2 is 1.79 bits per heavy atom. The maximum atomic E-state index is 14.3. The number of amides is 4. The number of aromatic nitrogens is 1. The van der Waals surface area contributed by atoms with Crippen molar-refractivity contribution < 1.29 is 14.4 Å². The van der Waals surface area contributed by atoms with Gasteiger partial charge in [-0.3, -0.25) is 19.7 Å². The van der Waals surface area contributed by atoms with E-state index in [-0.39, 0.29) is 30.4 Å². The minimum atomic E-state index is -1.45. The first kappa shape index (κ1) is 24.8. The van der Waals surface area contributed by atoms with E-state index in [0.717, 1.165) is 33.9 Å². The number of rotatable bonds is 6. The van der Waals surface area contributed by atoms with Crippen molar-refractivity contribution in [2.75, 3.05) is 24.5 Å². The standard InChI is InChI=1S/C29H30N4O4S/c1-2-19-8-10-22(11-9-19)33-27(36)29(26(35)30-28(33)37,14-23-5-4-12-38-23)18-31-15-20-13-21(17-31)24-6-3-7-25(34)32(24)16-20/h3-12,20-21H,2,13-18H2,1H3,(H,30,35,37). The summed E-state index contributed by atoms with van der Waals surface area (Å²) in [7, 11) is 0. The molecule has 38 heavy (non-hydrogen) atoms. The minimum absolute atomic E-state index is 0.0184. The molecule has 1 N–H and O–H groups in total. The topological polar surface area (TPSA) is 91.7 Å². The monoisotopic (exact) mass is 530 g/mol. The molecule has 1 aromatic carbocycles. The van der Waals surface area contributed by atoms with Crippen molar-refractivity contribution in [2.45, 2.75) is 38.6 Å². The number of benzene rings is 1. The van der Waals surface area contributed by atoms with Crippen molar-refractivity contribution in [2.24, 2.45) is 11.3 Å². The van der Waals surface area contributed by atoms with Crippen molar-refractivity contribution in [1.29, 1.82) is 0 Å². The van der Waals surface area contributed by atoms with E-state index in [0.29, 0.717) is 25.3 Å². The van der Waals surface area contributed by atoms with Gasteiger partial charge in [-0.25, -0.2) is 9.69 Å². The van der Waals surface area contributed by atoms with Crippen LogP contribution in [0.3, 0.4) is 0 Å². The lowest BCUT2D eigenvalue weighted by Gasteiger charge is -2.47. The molecule has 3 unspecified atom stereocenters. The van der Waals surface area contributed by atoms with Crippen LogP contribution in [0.2, 0.25) is 0 Å². The Labute approximate surface area is 224 Å². The molecule has 0 aliphatic carbocycles. The number of likely N-dealkylation sites (tertiary alicyclic amines) is 1. The van der Waals surface area contributed by atoms with Gasteiger partial charge in [0.25, 0.3) is 11.5 Å². The molecule has 8 nitrogen and oxygen atoms in total. The Morgan fingerprint density at radius 3 is 2.53 bits per heavy atom. The van der Waals surface area contributed by atoms with E-state index in [9.17, 15) is 19.2 Å². The highest BCUT2D eigenvalue weighted by atomic mass is 32.1. The van der Waals surface area contributed by atoms with Gasteiger partial charge in [0.05, 0.1) is 5.69 Å². The lowest BCUT2D eigenvalue weighted by Crippen LogP contribution is -2.68. The van der Waals surface area contributed by atoms with Gasteiger partial charge in [0.1, 0.15) is 5.41 Å². The smallest absolute Gasteiger partial charge is 0.312 e. The van der Waals surface area contributed by atoms with Crippen LogP contribution in [0.15, 0.2) is 64.8 Å². The molecule has 2 saturated heterocycles. The number of imide groups is 2. The molecule has 3 aromatic rings. The Balaban J connectivity index is 1.36. The van der Waals surface area contributed by atoms with Gasteiger partial charge in [-0.15, -0.1) is 11.3 Å². The number of hydrogen-bond donors (Lipinski definition) is 1. The number of pyridine rings is 1. The number of hydrogen-bond acceptors (Lipinski definition) is 6. The van der Waals surface area contributed by atoms with Crippen LogP contribution in [0.1, 0.15) is 35.4 Å². The Morgan fingerprint density at radius 1 is 0.974 bits per heavy atom. The Bertz CT molecular complexity index is 1450. The Kier molecular flexibility index (Phi) is 6.28. The predicted octanol–water partition coefficient (Wildman–Crippen LogP) is 3.40. The number of thiophene rings is 1. The first-order valence-corrected chi connectivity index (χ1v) is 14.0. The first-order valence-electron chi connectivity index (χ1n) is 13.1. The van der Waals surface area contributed by atoms with Crippen molar-refractivity contribution in [3.63, 3.8) is 0 Å². The molecule has 3 atom stereocenters. The number of anilines is 1. The van der Waals surface area contributed by atoms with Crippen molar-refractivity contribution >= 4 is 34.9 Å². The van der Waals surface area contributed by atoms with E-state index in [2.05, 4.69) is 10.2 Å². The molecule has 6 rings (SSSR count). The maximum Gasteiger partial charge on any atom is 0.335 e. The summed E-state index contributed by atoms with van der Waals surface area (Å²) in [5.74, 6) is -0.636. The molecular formula is C29H30N4O4S. The fraction of sp³-hybridized carbons (Fsp3) is 0.379. The average molecular weight is 531 g/mol. The van der Waals surface area contributed by atoms with Gasteiger partial charge in [0, 0.05) is 55.2 Å². The van der Waals surface area contributed by atoms with Gasteiger partial charge in [-0.1, -0.05) is 31.2 Å². The fourth-order valence-corrected chi connectivity index (χ4v) is 7.18. The van der Waals surface area contributed by atoms with E-state index >= 15 is 0 Å². The van der Waals surface area contributed by atoms with E-state index in [1.54, 1.807) is 24.3 Å². The largest absolute Gasteiger partial charge is 0.335 e. The minimum Gasteiger partial charge on any atom is -0.312 e. The molecule has 0 radical (unpaired) electrons. The van der Waals surface area contributed by atoms with E-state index in [1.165, 1.54) is 11.3 Å². The van der Waals surface area contributed by atoms with Gasteiger partial charge in [-0.05, 0) is 54.0 Å². The third kappa shape index (κ3) is 4.19. The summed E-state index contributed by atoms with van der Waals surface area (Å²) in [5.41, 5.74) is 1.13. The van der Waals surface area contributed by atoms with Crippen LogP contribution in [0.4, 0.5) is 10.5 Å². The van der Waals surface area contributed by atoms with E-state index in [4.69, 9.17) is 0 Å². The lowest BCUT2D eigenvalue weighted by atomic mass is 9.76. The molecule has 0 spiro atoms. The highest BCUT2D eigenvalue weighted by Gasteiger charge is 2.56. The van der Waals surface area contributed by atoms with Gasteiger partial charge >= 0.3 is 6.03 Å². The third-order valence-electron chi connectivity index (χ3n) is 8.18. The van der Waals surface area contributed by atoms with Gasteiger partial charge in [-0.2, -0.15) is 0 Å². The van der Waals surface area contributed by atoms with E-state index in [1.807, 2.05) is 47.2 Å². The number of nitrogens with zero attached hydrogens (tertiary/aromatic N) is 3. The number of carbonyl (C=O) groups is 3. The van der Waals surface area contributed by atoms with Crippen LogP contribution in [0.5, 0.6) is 0 Å². The molecular weight excluding hydrogens is 500 g/mol. The lowest BCUT2D eigenvalue weighted by molar-refractivity contribution is -0.144. The van der Waals surface area contributed by atoms with Gasteiger partial charge in [0.2, 0.25) is 5.91 Å². The fourth-order valence-electron chi connectivity index (χ4n) is 6.36. The van der Waals surface area contributed by atoms with Crippen LogP contribution >= 0.6 is 11.3 Å². The molecule has 3 aliphatic heterocycles. The molecule has 0 saturated carbocycles.